The fraction of sp³-hybridized carbons (Fsp3) is 0.125. The monoisotopic (exact) mass is 331 g/mol. The highest BCUT2D eigenvalue weighted by Gasteiger charge is 2.07. The molecule has 0 atom stereocenters. The van der Waals surface area contributed by atoms with Crippen LogP contribution in [0.3, 0.4) is 0 Å². The van der Waals surface area contributed by atoms with Crippen LogP contribution in [-0.4, -0.2) is 10.2 Å². The smallest absolute Gasteiger partial charge is 0.210 e. The average Bonchev–Trinajstić information content (AvgIpc) is 2.96. The molecule has 0 spiro atoms. The van der Waals surface area contributed by atoms with Gasteiger partial charge in [0.2, 0.25) is 5.13 Å². The van der Waals surface area contributed by atoms with Crippen molar-refractivity contribution in [2.75, 3.05) is 5.32 Å². The number of thioether (sulfide) groups is 1. The molecular formula is C16H14FN3S2. The molecule has 0 radical (unpaired) electrons. The molecular weight excluding hydrogens is 317 g/mol. The molecule has 1 aromatic heterocycles. The maximum atomic E-state index is 13.6. The number of aromatic nitrogens is 2. The van der Waals surface area contributed by atoms with Crippen molar-refractivity contribution in [2.45, 2.75) is 17.0 Å². The minimum Gasteiger partial charge on any atom is -0.330 e. The van der Waals surface area contributed by atoms with Gasteiger partial charge in [0, 0.05) is 11.4 Å². The van der Waals surface area contributed by atoms with Crippen molar-refractivity contribution < 1.29 is 4.39 Å². The number of aryl methyl sites for hydroxylation is 1. The van der Waals surface area contributed by atoms with Crippen LogP contribution in [0.15, 0.2) is 52.9 Å². The highest BCUT2D eigenvalue weighted by molar-refractivity contribution is 8.00. The zero-order chi connectivity index (χ0) is 15.4. The summed E-state index contributed by atoms with van der Waals surface area (Å²) in [6.07, 6.45) is 0. The van der Waals surface area contributed by atoms with Crippen molar-refractivity contribution >= 4 is 33.9 Å². The number of rotatable bonds is 5. The first-order valence-electron chi connectivity index (χ1n) is 6.74. The van der Waals surface area contributed by atoms with Crippen LogP contribution >= 0.6 is 23.1 Å². The van der Waals surface area contributed by atoms with Gasteiger partial charge in [0.15, 0.2) is 4.34 Å². The van der Waals surface area contributed by atoms with Gasteiger partial charge in [-0.25, -0.2) is 4.39 Å². The lowest BCUT2D eigenvalue weighted by Crippen LogP contribution is -1.88. The van der Waals surface area contributed by atoms with E-state index in [-0.39, 0.29) is 5.82 Å². The number of nitrogens with one attached hydrogen (secondary N) is 1. The Morgan fingerprint density at radius 1 is 1.09 bits per heavy atom. The van der Waals surface area contributed by atoms with Crippen LogP contribution in [0.5, 0.6) is 0 Å². The van der Waals surface area contributed by atoms with Crippen LogP contribution < -0.4 is 5.32 Å². The third-order valence-electron chi connectivity index (χ3n) is 3.02. The molecule has 0 unspecified atom stereocenters. The van der Waals surface area contributed by atoms with E-state index in [1.165, 1.54) is 34.7 Å². The van der Waals surface area contributed by atoms with Crippen molar-refractivity contribution in [2.24, 2.45) is 0 Å². The predicted molar refractivity (Wildman–Crippen MR) is 90.3 cm³/mol. The standard InChI is InChI=1S/C16H14FN3S2/c1-11-6-8-13(9-7-11)18-15-19-20-16(22-15)21-10-12-4-2-3-5-14(12)17/h2-9H,10H2,1H3,(H,18,19). The van der Waals surface area contributed by atoms with Crippen molar-refractivity contribution in [3.05, 3.63) is 65.5 Å². The molecule has 0 aliphatic carbocycles. The number of hydrogen-bond donors (Lipinski definition) is 1. The third kappa shape index (κ3) is 3.84. The van der Waals surface area contributed by atoms with Gasteiger partial charge in [0.1, 0.15) is 5.82 Å². The van der Waals surface area contributed by atoms with Gasteiger partial charge in [-0.2, -0.15) is 0 Å². The fourth-order valence-corrected chi connectivity index (χ4v) is 3.59. The summed E-state index contributed by atoms with van der Waals surface area (Å²) in [5.41, 5.74) is 2.87. The maximum absolute atomic E-state index is 13.6. The number of anilines is 2. The molecule has 1 heterocycles. The topological polar surface area (TPSA) is 37.8 Å². The SMILES string of the molecule is Cc1ccc(Nc2nnc(SCc3ccccc3F)s2)cc1. The van der Waals surface area contributed by atoms with E-state index in [0.717, 1.165) is 15.2 Å². The zero-order valence-corrected chi connectivity index (χ0v) is 13.5. The molecule has 22 heavy (non-hydrogen) atoms. The zero-order valence-electron chi connectivity index (χ0n) is 11.9. The molecule has 1 N–H and O–H groups in total. The molecule has 0 aliphatic rings. The van der Waals surface area contributed by atoms with Crippen molar-refractivity contribution in [1.29, 1.82) is 0 Å². The van der Waals surface area contributed by atoms with E-state index in [1.54, 1.807) is 12.1 Å². The van der Waals surface area contributed by atoms with Crippen LogP contribution in [0, 0.1) is 12.7 Å². The molecule has 0 aliphatic heterocycles. The highest BCUT2D eigenvalue weighted by Crippen LogP contribution is 2.30. The number of hydrogen-bond acceptors (Lipinski definition) is 5. The number of halogens is 1. The second kappa shape index (κ2) is 6.89. The van der Waals surface area contributed by atoms with E-state index in [0.29, 0.717) is 11.3 Å². The lowest BCUT2D eigenvalue weighted by Gasteiger charge is -2.01. The van der Waals surface area contributed by atoms with Crippen LogP contribution in [-0.2, 0) is 5.75 Å². The molecule has 6 heteroatoms. The second-order valence-electron chi connectivity index (χ2n) is 4.74. The van der Waals surface area contributed by atoms with Crippen LogP contribution in [0.25, 0.3) is 0 Å². The Morgan fingerprint density at radius 3 is 2.64 bits per heavy atom. The van der Waals surface area contributed by atoms with E-state index in [4.69, 9.17) is 0 Å². The number of nitrogens with zero attached hydrogens (tertiary/aromatic N) is 2. The van der Waals surface area contributed by atoms with Crippen LogP contribution in [0.1, 0.15) is 11.1 Å². The quantitative estimate of drug-likeness (QED) is 0.666. The molecule has 2 aromatic carbocycles. The minimum absolute atomic E-state index is 0.183. The van der Waals surface area contributed by atoms with Gasteiger partial charge in [0.25, 0.3) is 0 Å². The first-order valence-corrected chi connectivity index (χ1v) is 8.54. The Hall–Kier alpha value is -1.92. The summed E-state index contributed by atoms with van der Waals surface area (Å²) in [6.45, 7) is 2.05. The summed E-state index contributed by atoms with van der Waals surface area (Å²) >= 11 is 2.95. The van der Waals surface area contributed by atoms with Gasteiger partial charge in [-0.05, 0) is 30.7 Å². The maximum Gasteiger partial charge on any atom is 0.210 e. The lowest BCUT2D eigenvalue weighted by molar-refractivity contribution is 0.617. The molecule has 3 rings (SSSR count). The largest absolute Gasteiger partial charge is 0.330 e. The van der Waals surface area contributed by atoms with Crippen molar-refractivity contribution in [3.8, 4) is 0 Å². The molecule has 3 aromatic rings. The predicted octanol–water partition coefficient (Wildman–Crippen LogP) is 5.02. The van der Waals surface area contributed by atoms with Gasteiger partial charge in [-0.1, -0.05) is 59.0 Å². The summed E-state index contributed by atoms with van der Waals surface area (Å²) in [7, 11) is 0. The molecule has 0 bridgehead atoms. The van der Waals surface area contributed by atoms with Crippen molar-refractivity contribution in [3.63, 3.8) is 0 Å². The van der Waals surface area contributed by atoms with Crippen LogP contribution in [0.4, 0.5) is 15.2 Å². The lowest BCUT2D eigenvalue weighted by atomic mass is 10.2. The normalized spacial score (nSPS) is 10.6. The molecule has 0 saturated heterocycles. The fourth-order valence-electron chi connectivity index (χ4n) is 1.83. The van der Waals surface area contributed by atoms with Gasteiger partial charge in [-0.3, -0.25) is 0 Å². The van der Waals surface area contributed by atoms with Gasteiger partial charge in [-0.15, -0.1) is 10.2 Å². The van der Waals surface area contributed by atoms with E-state index < -0.39 is 0 Å². The van der Waals surface area contributed by atoms with Gasteiger partial charge < -0.3 is 5.32 Å². The van der Waals surface area contributed by atoms with Crippen molar-refractivity contribution in [1.82, 2.24) is 10.2 Å². The first-order chi connectivity index (χ1) is 10.7. The van der Waals surface area contributed by atoms with Gasteiger partial charge in [0.05, 0.1) is 0 Å². The Morgan fingerprint density at radius 2 is 1.86 bits per heavy atom. The molecule has 0 amide bonds. The molecule has 0 fully saturated rings. The van der Waals surface area contributed by atoms with Gasteiger partial charge >= 0.3 is 0 Å². The number of benzene rings is 2. The minimum atomic E-state index is -0.183. The summed E-state index contributed by atoms with van der Waals surface area (Å²) in [4.78, 5) is 0. The first kappa shape index (κ1) is 15.0. The van der Waals surface area contributed by atoms with Crippen LogP contribution in [0.2, 0.25) is 0 Å². The molecule has 0 saturated carbocycles. The Balaban J connectivity index is 1.61. The summed E-state index contributed by atoms with van der Waals surface area (Å²) in [6, 6.07) is 14.9. The van der Waals surface area contributed by atoms with E-state index >= 15 is 0 Å². The summed E-state index contributed by atoms with van der Waals surface area (Å²) in [5.74, 6) is 0.365. The second-order valence-corrected chi connectivity index (χ2v) is 6.94. The summed E-state index contributed by atoms with van der Waals surface area (Å²) < 4.78 is 14.4. The molecule has 3 nitrogen and oxygen atoms in total. The Kier molecular flexibility index (Phi) is 4.70. The van der Waals surface area contributed by atoms with E-state index in [2.05, 4.69) is 15.5 Å². The molecule has 112 valence electrons. The average molecular weight is 331 g/mol. The van der Waals surface area contributed by atoms with E-state index in [1.807, 2.05) is 37.3 Å². The third-order valence-corrected chi connectivity index (χ3v) is 5.04. The Bertz CT molecular complexity index is 756. The summed E-state index contributed by atoms with van der Waals surface area (Å²) in [5, 5.41) is 12.2. The Labute approximate surface area is 136 Å². The highest BCUT2D eigenvalue weighted by atomic mass is 32.2. The van der Waals surface area contributed by atoms with E-state index in [9.17, 15) is 4.39 Å².